The largest absolute Gasteiger partial charge is 0.487 e. The number of ether oxygens (including phenoxy) is 1. The molecule has 0 bridgehead atoms. The molecule has 110 valence electrons. The molecule has 0 amide bonds. The number of anilines is 1. The standard InChI is InChI=1S/C14H19ClFN3O/c1-9(2)18-4-5-19-10(8-18)3-6-20-13-12(16)11(15)7-17-14(13)19/h7,9-10H,3-6,8H2,1-2H3. The van der Waals surface area contributed by atoms with Crippen molar-refractivity contribution in [1.29, 1.82) is 0 Å². The number of pyridine rings is 1. The maximum absolute atomic E-state index is 14.1. The summed E-state index contributed by atoms with van der Waals surface area (Å²) < 4.78 is 19.7. The molecular formula is C14H19ClFN3O. The molecule has 0 aliphatic carbocycles. The van der Waals surface area contributed by atoms with E-state index in [2.05, 4.69) is 28.6 Å². The molecule has 4 nitrogen and oxygen atoms in total. The van der Waals surface area contributed by atoms with Crippen LogP contribution >= 0.6 is 11.6 Å². The smallest absolute Gasteiger partial charge is 0.199 e. The van der Waals surface area contributed by atoms with Crippen LogP contribution in [0.2, 0.25) is 5.02 Å². The first kappa shape index (κ1) is 13.9. The summed E-state index contributed by atoms with van der Waals surface area (Å²) in [5, 5.41) is 0.0167. The van der Waals surface area contributed by atoms with E-state index in [0.29, 0.717) is 24.5 Å². The van der Waals surface area contributed by atoms with E-state index in [9.17, 15) is 4.39 Å². The SMILES string of the molecule is CC(C)N1CCN2c3ncc(Cl)c(F)c3OCCC2C1. The van der Waals surface area contributed by atoms with E-state index in [1.807, 2.05) is 0 Å². The predicted molar refractivity (Wildman–Crippen MR) is 77.2 cm³/mol. The molecular weight excluding hydrogens is 281 g/mol. The van der Waals surface area contributed by atoms with Gasteiger partial charge in [-0.3, -0.25) is 4.90 Å². The molecule has 0 N–H and O–H groups in total. The molecule has 2 aliphatic heterocycles. The van der Waals surface area contributed by atoms with Crippen LogP contribution in [0.4, 0.5) is 10.2 Å². The fraction of sp³-hybridized carbons (Fsp3) is 0.643. The van der Waals surface area contributed by atoms with E-state index in [1.54, 1.807) is 0 Å². The van der Waals surface area contributed by atoms with Crippen LogP contribution in [0, 0.1) is 5.82 Å². The number of halogens is 2. The average molecular weight is 300 g/mol. The Kier molecular flexibility index (Phi) is 3.73. The van der Waals surface area contributed by atoms with Crippen LogP contribution in [0.1, 0.15) is 20.3 Å². The van der Waals surface area contributed by atoms with Gasteiger partial charge in [0.15, 0.2) is 17.4 Å². The quantitative estimate of drug-likeness (QED) is 0.797. The van der Waals surface area contributed by atoms with Gasteiger partial charge in [-0.25, -0.2) is 9.37 Å². The highest BCUT2D eigenvalue weighted by atomic mass is 35.5. The highest BCUT2D eigenvalue weighted by Crippen LogP contribution is 2.37. The first-order valence-electron chi connectivity index (χ1n) is 7.05. The van der Waals surface area contributed by atoms with Gasteiger partial charge in [-0.05, 0) is 13.8 Å². The Morgan fingerprint density at radius 1 is 1.45 bits per heavy atom. The van der Waals surface area contributed by atoms with Crippen molar-refractivity contribution in [1.82, 2.24) is 9.88 Å². The molecule has 1 aromatic rings. The van der Waals surface area contributed by atoms with Gasteiger partial charge in [-0.1, -0.05) is 11.6 Å². The molecule has 1 aromatic heterocycles. The minimum absolute atomic E-state index is 0.0167. The molecule has 2 aliphatic rings. The van der Waals surface area contributed by atoms with E-state index in [1.165, 1.54) is 6.20 Å². The number of rotatable bonds is 1. The third-order valence-electron chi connectivity index (χ3n) is 4.13. The number of aromatic nitrogens is 1. The average Bonchev–Trinajstić information content (AvgIpc) is 2.61. The van der Waals surface area contributed by atoms with Crippen molar-refractivity contribution >= 4 is 17.4 Å². The molecule has 6 heteroatoms. The molecule has 0 spiro atoms. The summed E-state index contributed by atoms with van der Waals surface area (Å²) in [5.41, 5.74) is 0. The zero-order valence-corrected chi connectivity index (χ0v) is 12.5. The van der Waals surface area contributed by atoms with E-state index in [0.717, 1.165) is 26.1 Å². The van der Waals surface area contributed by atoms with Crippen LogP contribution < -0.4 is 9.64 Å². The molecule has 1 saturated heterocycles. The summed E-state index contributed by atoms with van der Waals surface area (Å²) >= 11 is 5.79. The topological polar surface area (TPSA) is 28.6 Å². The van der Waals surface area contributed by atoms with E-state index < -0.39 is 5.82 Å². The third kappa shape index (κ3) is 2.33. The van der Waals surface area contributed by atoms with Crippen LogP contribution in [-0.2, 0) is 0 Å². The Morgan fingerprint density at radius 2 is 2.25 bits per heavy atom. The summed E-state index contributed by atoms with van der Waals surface area (Å²) in [6.45, 7) is 7.67. The van der Waals surface area contributed by atoms with Gasteiger partial charge in [-0.2, -0.15) is 0 Å². The van der Waals surface area contributed by atoms with Crippen LogP contribution in [0.5, 0.6) is 5.75 Å². The Hall–Kier alpha value is -1.07. The molecule has 20 heavy (non-hydrogen) atoms. The Morgan fingerprint density at radius 3 is 3.00 bits per heavy atom. The normalized spacial score (nSPS) is 23.1. The van der Waals surface area contributed by atoms with Crippen LogP contribution in [-0.4, -0.2) is 48.2 Å². The third-order valence-corrected chi connectivity index (χ3v) is 4.39. The summed E-state index contributed by atoms with van der Waals surface area (Å²) in [7, 11) is 0. The van der Waals surface area contributed by atoms with Crippen molar-refractivity contribution < 1.29 is 9.13 Å². The number of nitrogens with zero attached hydrogens (tertiary/aromatic N) is 3. The minimum atomic E-state index is -0.497. The van der Waals surface area contributed by atoms with Gasteiger partial charge in [0.1, 0.15) is 0 Å². The van der Waals surface area contributed by atoms with Crippen LogP contribution in [0.15, 0.2) is 6.20 Å². The van der Waals surface area contributed by atoms with Crippen LogP contribution in [0.25, 0.3) is 0 Å². The molecule has 1 atom stereocenters. The molecule has 3 rings (SSSR count). The zero-order valence-electron chi connectivity index (χ0n) is 11.8. The minimum Gasteiger partial charge on any atom is -0.487 e. The van der Waals surface area contributed by atoms with Crippen molar-refractivity contribution in [2.45, 2.75) is 32.4 Å². The number of hydrogen-bond acceptors (Lipinski definition) is 4. The van der Waals surface area contributed by atoms with E-state index in [-0.39, 0.29) is 10.8 Å². The molecule has 3 heterocycles. The molecule has 1 unspecified atom stereocenters. The van der Waals surface area contributed by atoms with Crippen molar-refractivity contribution in [3.05, 3.63) is 17.0 Å². The van der Waals surface area contributed by atoms with Gasteiger partial charge in [0.25, 0.3) is 0 Å². The van der Waals surface area contributed by atoms with Gasteiger partial charge < -0.3 is 9.64 Å². The monoisotopic (exact) mass is 299 g/mol. The predicted octanol–water partition coefficient (Wildman–Crippen LogP) is 2.56. The number of fused-ring (bicyclic) bond motifs is 3. The molecule has 0 radical (unpaired) electrons. The molecule has 0 aromatic carbocycles. The Bertz CT molecular complexity index is 511. The Labute approximate surface area is 123 Å². The fourth-order valence-corrected chi connectivity index (χ4v) is 3.08. The number of hydrogen-bond donors (Lipinski definition) is 0. The summed E-state index contributed by atoms with van der Waals surface area (Å²) in [5.74, 6) is 0.305. The van der Waals surface area contributed by atoms with Gasteiger partial charge in [-0.15, -0.1) is 0 Å². The fourth-order valence-electron chi connectivity index (χ4n) is 2.94. The second-order valence-corrected chi connectivity index (χ2v) is 6.05. The van der Waals surface area contributed by atoms with E-state index in [4.69, 9.17) is 16.3 Å². The second kappa shape index (κ2) is 5.37. The first-order valence-corrected chi connectivity index (χ1v) is 7.43. The van der Waals surface area contributed by atoms with Crippen molar-refractivity contribution in [3.8, 4) is 5.75 Å². The lowest BCUT2D eigenvalue weighted by molar-refractivity contribution is 0.172. The van der Waals surface area contributed by atoms with Crippen molar-refractivity contribution in [2.75, 3.05) is 31.1 Å². The van der Waals surface area contributed by atoms with Crippen molar-refractivity contribution in [2.24, 2.45) is 0 Å². The number of piperazine rings is 1. The van der Waals surface area contributed by atoms with E-state index >= 15 is 0 Å². The summed E-state index contributed by atoms with van der Waals surface area (Å²) in [6.07, 6.45) is 2.24. The highest BCUT2D eigenvalue weighted by Gasteiger charge is 2.34. The van der Waals surface area contributed by atoms with Gasteiger partial charge >= 0.3 is 0 Å². The molecule has 1 fully saturated rings. The maximum Gasteiger partial charge on any atom is 0.199 e. The lowest BCUT2D eigenvalue weighted by Crippen LogP contribution is -2.55. The lowest BCUT2D eigenvalue weighted by atomic mass is 10.1. The lowest BCUT2D eigenvalue weighted by Gasteiger charge is -2.42. The highest BCUT2D eigenvalue weighted by molar-refractivity contribution is 6.30. The van der Waals surface area contributed by atoms with Gasteiger partial charge in [0.05, 0.1) is 17.8 Å². The maximum atomic E-state index is 14.1. The zero-order chi connectivity index (χ0) is 14.3. The summed E-state index contributed by atoms with van der Waals surface area (Å²) in [4.78, 5) is 8.91. The molecule has 0 saturated carbocycles. The Balaban J connectivity index is 1.93. The second-order valence-electron chi connectivity index (χ2n) is 5.65. The van der Waals surface area contributed by atoms with Gasteiger partial charge in [0, 0.05) is 38.1 Å². The summed E-state index contributed by atoms with van der Waals surface area (Å²) in [6, 6.07) is 0.844. The van der Waals surface area contributed by atoms with Gasteiger partial charge in [0.2, 0.25) is 0 Å². The van der Waals surface area contributed by atoms with Crippen LogP contribution in [0.3, 0.4) is 0 Å². The van der Waals surface area contributed by atoms with Crippen molar-refractivity contribution in [3.63, 3.8) is 0 Å². The first-order chi connectivity index (χ1) is 9.58.